The van der Waals surface area contributed by atoms with Gasteiger partial charge in [-0.3, -0.25) is 4.79 Å². The number of aliphatic hydroxyl groups is 1. The first-order chi connectivity index (χ1) is 9.22. The number of nitrogens with two attached hydrogens (primary N) is 1. The van der Waals surface area contributed by atoms with Gasteiger partial charge in [-0.2, -0.15) is 0 Å². The number of benzene rings is 1. The van der Waals surface area contributed by atoms with Crippen molar-refractivity contribution in [1.29, 1.82) is 0 Å². The maximum absolute atomic E-state index is 12.1. The monoisotopic (exact) mass is 298 g/mol. The number of nitrogens with one attached hydrogen (secondary N) is 1. The van der Waals surface area contributed by atoms with Crippen molar-refractivity contribution < 1.29 is 9.90 Å². The van der Waals surface area contributed by atoms with Crippen LogP contribution in [0.5, 0.6) is 0 Å². The molecule has 1 fully saturated rings. The zero-order valence-electron chi connectivity index (χ0n) is 11.5. The summed E-state index contributed by atoms with van der Waals surface area (Å²) in [6.45, 7) is 0.829. The summed E-state index contributed by atoms with van der Waals surface area (Å²) in [7, 11) is 0. The van der Waals surface area contributed by atoms with E-state index in [0.29, 0.717) is 12.5 Å². The van der Waals surface area contributed by atoms with Gasteiger partial charge < -0.3 is 16.2 Å². The van der Waals surface area contributed by atoms with Crippen LogP contribution in [-0.2, 0) is 4.79 Å². The molecule has 3 atom stereocenters. The average Bonchev–Trinajstić information content (AvgIpc) is 2.93. The molecule has 1 aliphatic carbocycles. The summed E-state index contributed by atoms with van der Waals surface area (Å²) in [5.41, 5.74) is 6.50. The summed E-state index contributed by atoms with van der Waals surface area (Å²) in [5.74, 6) is 0.352. The summed E-state index contributed by atoms with van der Waals surface area (Å²) in [6.07, 6.45) is 2.37. The molecule has 0 saturated heterocycles. The van der Waals surface area contributed by atoms with Gasteiger partial charge in [0.05, 0.1) is 6.10 Å². The molecule has 1 aromatic rings. The van der Waals surface area contributed by atoms with Crippen LogP contribution in [0, 0.1) is 11.8 Å². The van der Waals surface area contributed by atoms with Crippen LogP contribution in [-0.4, -0.2) is 24.1 Å². The van der Waals surface area contributed by atoms with E-state index >= 15 is 0 Å². The quantitative estimate of drug-likeness (QED) is 0.773. The lowest BCUT2D eigenvalue weighted by atomic mass is 9.95. The second-order valence-corrected chi connectivity index (χ2v) is 5.20. The van der Waals surface area contributed by atoms with Crippen molar-refractivity contribution >= 4 is 18.3 Å². The van der Waals surface area contributed by atoms with Gasteiger partial charge in [0.15, 0.2) is 0 Å². The van der Waals surface area contributed by atoms with Gasteiger partial charge in [-0.1, -0.05) is 36.8 Å². The number of halogens is 1. The third-order valence-electron chi connectivity index (χ3n) is 3.95. The lowest BCUT2D eigenvalue weighted by molar-refractivity contribution is -0.126. The molecule has 1 unspecified atom stereocenters. The molecule has 5 heteroatoms. The Balaban J connectivity index is 0.00000200. The van der Waals surface area contributed by atoms with Crippen molar-refractivity contribution in [2.24, 2.45) is 17.6 Å². The summed E-state index contributed by atoms with van der Waals surface area (Å²) >= 11 is 0. The van der Waals surface area contributed by atoms with Crippen LogP contribution in [0.15, 0.2) is 30.3 Å². The number of amides is 1. The molecule has 4 nitrogen and oxygen atoms in total. The second kappa shape index (κ2) is 8.25. The van der Waals surface area contributed by atoms with E-state index in [1.54, 1.807) is 0 Å². The summed E-state index contributed by atoms with van der Waals surface area (Å²) in [4.78, 5) is 12.1. The highest BCUT2D eigenvalue weighted by Crippen LogP contribution is 2.31. The molecule has 0 heterocycles. The van der Waals surface area contributed by atoms with E-state index < -0.39 is 6.10 Å². The molecular formula is C15H23ClN2O2. The van der Waals surface area contributed by atoms with E-state index in [9.17, 15) is 9.90 Å². The molecule has 1 aliphatic rings. The highest BCUT2D eigenvalue weighted by Gasteiger charge is 2.31. The van der Waals surface area contributed by atoms with Crippen LogP contribution in [0.2, 0.25) is 0 Å². The largest absolute Gasteiger partial charge is 0.387 e. The van der Waals surface area contributed by atoms with Gasteiger partial charge in [0.1, 0.15) is 0 Å². The average molecular weight is 299 g/mol. The minimum Gasteiger partial charge on any atom is -0.387 e. The highest BCUT2D eigenvalue weighted by atomic mass is 35.5. The van der Waals surface area contributed by atoms with E-state index in [0.717, 1.165) is 24.8 Å². The molecular weight excluding hydrogens is 276 g/mol. The fraction of sp³-hybridized carbons (Fsp3) is 0.533. The molecule has 1 amide bonds. The fourth-order valence-corrected chi connectivity index (χ4v) is 2.79. The number of rotatable bonds is 5. The molecule has 0 aliphatic heterocycles. The van der Waals surface area contributed by atoms with Crippen molar-refractivity contribution in [3.05, 3.63) is 35.9 Å². The molecule has 20 heavy (non-hydrogen) atoms. The van der Waals surface area contributed by atoms with Gasteiger partial charge in [0.2, 0.25) is 5.91 Å². The minimum atomic E-state index is -0.650. The highest BCUT2D eigenvalue weighted by molar-refractivity contribution is 5.85. The molecule has 0 bridgehead atoms. The predicted molar refractivity (Wildman–Crippen MR) is 81.5 cm³/mol. The maximum atomic E-state index is 12.1. The van der Waals surface area contributed by atoms with Crippen LogP contribution < -0.4 is 11.1 Å². The standard InChI is InChI=1S/C15H22N2O2.ClH/c16-9-12-7-4-8-13(12)15(19)17-10-14(18)11-5-2-1-3-6-11;/h1-3,5-6,12-14,18H,4,7-10,16H2,(H,17,19);1H/t12-,13-,14?;/m1./s1. The Morgan fingerprint density at radius 2 is 2.05 bits per heavy atom. The fourth-order valence-electron chi connectivity index (χ4n) is 2.79. The first-order valence-electron chi connectivity index (χ1n) is 6.93. The Kier molecular flexibility index (Phi) is 6.99. The SMILES string of the molecule is Cl.NC[C@H]1CCC[C@H]1C(=O)NCC(O)c1ccccc1. The lowest BCUT2D eigenvalue weighted by Gasteiger charge is -2.19. The zero-order chi connectivity index (χ0) is 13.7. The van der Waals surface area contributed by atoms with Crippen LogP contribution in [0.1, 0.15) is 30.9 Å². The summed E-state index contributed by atoms with van der Waals surface area (Å²) in [5, 5.41) is 12.8. The van der Waals surface area contributed by atoms with E-state index in [-0.39, 0.29) is 30.8 Å². The van der Waals surface area contributed by atoms with Gasteiger partial charge in [-0.15, -0.1) is 12.4 Å². The summed E-state index contributed by atoms with van der Waals surface area (Å²) in [6, 6.07) is 9.37. The first-order valence-corrected chi connectivity index (χ1v) is 6.93. The molecule has 0 spiro atoms. The zero-order valence-corrected chi connectivity index (χ0v) is 12.3. The van der Waals surface area contributed by atoms with Gasteiger partial charge in [-0.25, -0.2) is 0 Å². The first kappa shape index (κ1) is 17.0. The maximum Gasteiger partial charge on any atom is 0.223 e. The molecule has 1 aromatic carbocycles. The Morgan fingerprint density at radius 3 is 2.70 bits per heavy atom. The predicted octanol–water partition coefficient (Wildman–Crippen LogP) is 1.63. The molecule has 0 aromatic heterocycles. The third-order valence-corrected chi connectivity index (χ3v) is 3.95. The third kappa shape index (κ3) is 4.20. The molecule has 4 N–H and O–H groups in total. The van der Waals surface area contributed by atoms with Gasteiger partial charge in [-0.05, 0) is 30.9 Å². The Bertz CT molecular complexity index is 414. The van der Waals surface area contributed by atoms with Crippen molar-refractivity contribution in [3.63, 3.8) is 0 Å². The molecule has 112 valence electrons. The smallest absolute Gasteiger partial charge is 0.223 e. The van der Waals surface area contributed by atoms with Gasteiger partial charge >= 0.3 is 0 Å². The van der Waals surface area contributed by atoms with Gasteiger partial charge in [0.25, 0.3) is 0 Å². The van der Waals surface area contributed by atoms with Crippen LogP contribution in [0.3, 0.4) is 0 Å². The van der Waals surface area contributed by atoms with Crippen LogP contribution in [0.4, 0.5) is 0 Å². The molecule has 1 saturated carbocycles. The Hall–Kier alpha value is -1.10. The van der Waals surface area contributed by atoms with E-state index in [1.165, 1.54) is 0 Å². The lowest BCUT2D eigenvalue weighted by Crippen LogP contribution is -2.37. The van der Waals surface area contributed by atoms with Crippen molar-refractivity contribution in [3.8, 4) is 0 Å². The number of carbonyl (C=O) groups is 1. The van der Waals surface area contributed by atoms with E-state index in [2.05, 4.69) is 5.32 Å². The van der Waals surface area contributed by atoms with Crippen molar-refractivity contribution in [2.45, 2.75) is 25.4 Å². The number of aliphatic hydroxyl groups excluding tert-OH is 1. The Labute approximate surface area is 126 Å². The Morgan fingerprint density at radius 1 is 1.35 bits per heavy atom. The van der Waals surface area contributed by atoms with Gasteiger partial charge in [0, 0.05) is 12.5 Å². The summed E-state index contributed by atoms with van der Waals surface area (Å²) < 4.78 is 0. The van der Waals surface area contributed by atoms with Crippen molar-refractivity contribution in [1.82, 2.24) is 5.32 Å². The van der Waals surface area contributed by atoms with E-state index in [4.69, 9.17) is 5.73 Å². The topological polar surface area (TPSA) is 75.4 Å². The van der Waals surface area contributed by atoms with E-state index in [1.807, 2.05) is 30.3 Å². The normalized spacial score (nSPS) is 22.9. The minimum absolute atomic E-state index is 0. The second-order valence-electron chi connectivity index (χ2n) is 5.20. The number of hydrogen-bond donors (Lipinski definition) is 3. The number of hydrogen-bond acceptors (Lipinski definition) is 3. The number of carbonyl (C=O) groups excluding carboxylic acids is 1. The van der Waals surface area contributed by atoms with Crippen LogP contribution in [0.25, 0.3) is 0 Å². The van der Waals surface area contributed by atoms with Crippen LogP contribution >= 0.6 is 12.4 Å². The molecule has 2 rings (SSSR count). The molecule has 0 radical (unpaired) electrons. The van der Waals surface area contributed by atoms with Crippen molar-refractivity contribution in [2.75, 3.05) is 13.1 Å².